The van der Waals surface area contributed by atoms with E-state index in [-0.39, 0.29) is 6.42 Å². The van der Waals surface area contributed by atoms with Crippen molar-refractivity contribution in [2.45, 2.75) is 25.3 Å². The third-order valence-corrected chi connectivity index (χ3v) is 5.26. The summed E-state index contributed by atoms with van der Waals surface area (Å²) >= 11 is 0. The molecule has 24 heavy (non-hydrogen) atoms. The number of likely N-dealkylation sites (tertiary alicyclic amines) is 1. The van der Waals surface area contributed by atoms with Crippen molar-refractivity contribution in [3.8, 4) is 0 Å². The topological polar surface area (TPSA) is 45.4 Å². The van der Waals surface area contributed by atoms with E-state index in [1.54, 1.807) is 31.1 Å². The molecule has 1 spiro atoms. The van der Waals surface area contributed by atoms with E-state index in [0.29, 0.717) is 45.0 Å². The van der Waals surface area contributed by atoms with E-state index >= 15 is 0 Å². The summed E-state index contributed by atoms with van der Waals surface area (Å²) in [5.74, 6) is -1.98. The zero-order valence-electron chi connectivity index (χ0n) is 13.4. The lowest BCUT2D eigenvalue weighted by molar-refractivity contribution is -0.158. The molecule has 0 N–H and O–H groups in total. The number of rotatable bonds is 3. The van der Waals surface area contributed by atoms with Gasteiger partial charge in [0.2, 0.25) is 0 Å². The van der Waals surface area contributed by atoms with Gasteiger partial charge in [0, 0.05) is 57.1 Å². The minimum Gasteiger partial charge on any atom is -0.472 e. The van der Waals surface area contributed by atoms with E-state index in [4.69, 9.17) is 4.42 Å². The van der Waals surface area contributed by atoms with E-state index in [1.807, 2.05) is 11.0 Å². The molecular formula is C17H20F2N4O. The van der Waals surface area contributed by atoms with Crippen molar-refractivity contribution in [1.29, 1.82) is 0 Å². The molecule has 2 fully saturated rings. The Kier molecular flexibility index (Phi) is 3.75. The van der Waals surface area contributed by atoms with Crippen molar-refractivity contribution >= 4 is 5.82 Å². The van der Waals surface area contributed by atoms with E-state index in [1.165, 1.54) is 0 Å². The summed E-state index contributed by atoms with van der Waals surface area (Å²) in [5.41, 5.74) is 0.00566. The van der Waals surface area contributed by atoms with E-state index in [2.05, 4.69) is 14.9 Å². The Morgan fingerprint density at radius 1 is 1.17 bits per heavy atom. The van der Waals surface area contributed by atoms with Gasteiger partial charge >= 0.3 is 0 Å². The molecule has 7 heteroatoms. The van der Waals surface area contributed by atoms with Gasteiger partial charge in [-0.05, 0) is 12.5 Å². The molecular weight excluding hydrogens is 314 g/mol. The van der Waals surface area contributed by atoms with Crippen molar-refractivity contribution in [2.24, 2.45) is 5.41 Å². The third-order valence-electron chi connectivity index (χ3n) is 5.26. The number of nitrogens with zero attached hydrogens (tertiary/aromatic N) is 4. The van der Waals surface area contributed by atoms with Crippen LogP contribution in [0.3, 0.4) is 0 Å². The lowest BCUT2D eigenvalue weighted by Gasteiger charge is -2.45. The molecule has 2 aliphatic rings. The molecule has 2 aliphatic heterocycles. The van der Waals surface area contributed by atoms with Gasteiger partial charge in [-0.2, -0.15) is 0 Å². The molecule has 2 aromatic rings. The van der Waals surface area contributed by atoms with Crippen LogP contribution in [0.15, 0.2) is 41.6 Å². The smallest absolute Gasteiger partial charge is 0.257 e. The zero-order valence-corrected chi connectivity index (χ0v) is 13.4. The first-order valence-corrected chi connectivity index (χ1v) is 8.20. The first-order chi connectivity index (χ1) is 11.6. The summed E-state index contributed by atoms with van der Waals surface area (Å²) in [4.78, 5) is 12.4. The van der Waals surface area contributed by atoms with Gasteiger partial charge in [-0.15, -0.1) is 0 Å². The summed E-state index contributed by atoms with van der Waals surface area (Å²) in [6.07, 6.45) is 8.51. The van der Waals surface area contributed by atoms with Gasteiger partial charge in [-0.25, -0.2) is 13.8 Å². The van der Waals surface area contributed by atoms with Gasteiger partial charge in [0.15, 0.2) is 0 Å². The van der Waals surface area contributed by atoms with Crippen LogP contribution in [0, 0.1) is 5.41 Å². The summed E-state index contributed by atoms with van der Waals surface area (Å²) in [6, 6.07) is 1.89. The Balaban J connectivity index is 1.53. The van der Waals surface area contributed by atoms with Gasteiger partial charge in [0.05, 0.1) is 24.1 Å². The number of halogens is 2. The minimum absolute atomic E-state index is 0.0981. The Bertz CT molecular complexity index is 679. The van der Waals surface area contributed by atoms with Crippen molar-refractivity contribution in [3.05, 3.63) is 42.7 Å². The van der Waals surface area contributed by atoms with E-state index in [0.717, 1.165) is 5.56 Å². The van der Waals surface area contributed by atoms with Crippen LogP contribution >= 0.6 is 0 Å². The first-order valence-electron chi connectivity index (χ1n) is 8.20. The van der Waals surface area contributed by atoms with Gasteiger partial charge in [-0.3, -0.25) is 9.88 Å². The fourth-order valence-corrected chi connectivity index (χ4v) is 3.91. The maximum absolute atomic E-state index is 14.8. The van der Waals surface area contributed by atoms with Crippen LogP contribution in [0.25, 0.3) is 0 Å². The molecule has 0 bridgehead atoms. The second kappa shape index (κ2) is 5.81. The minimum atomic E-state index is -2.66. The van der Waals surface area contributed by atoms with Gasteiger partial charge in [-0.1, -0.05) is 0 Å². The lowest BCUT2D eigenvalue weighted by Crippen LogP contribution is -2.56. The van der Waals surface area contributed by atoms with Crippen LogP contribution in [0.1, 0.15) is 18.4 Å². The highest BCUT2D eigenvalue weighted by Gasteiger charge is 2.59. The van der Waals surface area contributed by atoms with Gasteiger partial charge < -0.3 is 9.32 Å². The fourth-order valence-electron chi connectivity index (χ4n) is 3.91. The molecule has 2 aromatic heterocycles. The maximum Gasteiger partial charge on any atom is 0.257 e. The van der Waals surface area contributed by atoms with Crippen molar-refractivity contribution in [2.75, 3.05) is 31.1 Å². The van der Waals surface area contributed by atoms with E-state index < -0.39 is 11.3 Å². The largest absolute Gasteiger partial charge is 0.472 e. The summed E-state index contributed by atoms with van der Waals surface area (Å²) in [6.45, 7) is 2.36. The second-order valence-electron chi connectivity index (χ2n) is 6.81. The van der Waals surface area contributed by atoms with Crippen molar-refractivity contribution in [1.82, 2.24) is 14.9 Å². The molecule has 0 radical (unpaired) electrons. The fraction of sp³-hybridized carbons (Fsp3) is 0.529. The SMILES string of the molecule is FC1(F)CCN(Cc2ccoc2)C[C@]12CCN(c1cnccn1)C2. The Labute approximate surface area is 139 Å². The van der Waals surface area contributed by atoms with Crippen LogP contribution < -0.4 is 4.90 Å². The average Bonchev–Trinajstić information content (AvgIpc) is 3.23. The highest BCUT2D eigenvalue weighted by Crippen LogP contribution is 2.50. The Morgan fingerprint density at radius 3 is 2.83 bits per heavy atom. The molecule has 0 aliphatic carbocycles. The normalized spacial score (nSPS) is 27.0. The number of hydrogen-bond acceptors (Lipinski definition) is 5. The lowest BCUT2D eigenvalue weighted by atomic mass is 9.75. The molecule has 128 valence electrons. The highest BCUT2D eigenvalue weighted by atomic mass is 19.3. The van der Waals surface area contributed by atoms with Gasteiger partial charge in [0.25, 0.3) is 5.92 Å². The molecule has 0 aromatic carbocycles. The number of piperidine rings is 1. The Hall–Kier alpha value is -2.02. The van der Waals surface area contributed by atoms with Crippen LogP contribution in [-0.4, -0.2) is 47.0 Å². The molecule has 5 nitrogen and oxygen atoms in total. The van der Waals surface area contributed by atoms with Crippen LogP contribution in [0.4, 0.5) is 14.6 Å². The average molecular weight is 334 g/mol. The first kappa shape index (κ1) is 15.5. The monoisotopic (exact) mass is 334 g/mol. The number of furan rings is 1. The summed E-state index contributed by atoms with van der Waals surface area (Å²) in [7, 11) is 0. The predicted octanol–water partition coefficient (Wildman–Crippen LogP) is 2.81. The molecule has 0 unspecified atom stereocenters. The Morgan fingerprint density at radius 2 is 2.08 bits per heavy atom. The van der Waals surface area contributed by atoms with Gasteiger partial charge in [0.1, 0.15) is 5.82 Å². The molecule has 4 rings (SSSR count). The summed E-state index contributed by atoms with van der Waals surface area (Å²) < 4.78 is 34.7. The van der Waals surface area contributed by atoms with Crippen molar-refractivity contribution < 1.29 is 13.2 Å². The number of aromatic nitrogens is 2. The third kappa shape index (κ3) is 2.66. The maximum atomic E-state index is 14.8. The van der Waals surface area contributed by atoms with Crippen LogP contribution in [0.5, 0.6) is 0 Å². The predicted molar refractivity (Wildman–Crippen MR) is 84.8 cm³/mol. The van der Waals surface area contributed by atoms with Crippen molar-refractivity contribution in [3.63, 3.8) is 0 Å². The number of hydrogen-bond donors (Lipinski definition) is 0. The molecule has 2 saturated heterocycles. The molecule has 0 amide bonds. The number of anilines is 1. The zero-order chi connectivity index (χ0) is 16.6. The standard InChI is InChI=1S/C17H20F2N4O/c18-17(19)3-6-22(10-14-1-8-24-11-14)12-16(17)2-7-23(13-16)15-9-20-4-5-21-15/h1,4-5,8-9,11H,2-3,6-7,10,12-13H2/t16-/m0/s1. The molecule has 4 heterocycles. The van der Waals surface area contributed by atoms with E-state index in [9.17, 15) is 8.78 Å². The second-order valence-corrected chi connectivity index (χ2v) is 6.81. The molecule has 1 atom stereocenters. The molecule has 0 saturated carbocycles. The quantitative estimate of drug-likeness (QED) is 0.864. The van der Waals surface area contributed by atoms with Crippen LogP contribution in [0.2, 0.25) is 0 Å². The summed E-state index contributed by atoms with van der Waals surface area (Å²) in [5, 5.41) is 0. The highest BCUT2D eigenvalue weighted by molar-refractivity contribution is 5.38. The van der Waals surface area contributed by atoms with Crippen LogP contribution in [-0.2, 0) is 6.54 Å². The number of alkyl halides is 2.